The number of anilines is 4. The van der Waals surface area contributed by atoms with Crippen molar-refractivity contribution in [1.82, 2.24) is 20.2 Å². The lowest BCUT2D eigenvalue weighted by atomic mass is 10.3. The molecule has 39 heavy (non-hydrogen) atoms. The third kappa shape index (κ3) is 7.65. The molecule has 14 nitrogen and oxygen atoms in total. The third-order valence-electron chi connectivity index (χ3n) is 4.77. The summed E-state index contributed by atoms with van der Waals surface area (Å²) in [6.45, 7) is 1.93. The number of benzene rings is 2. The molecular weight excluding hydrogens is 568 g/mol. The Morgan fingerprint density at radius 2 is 1.33 bits per heavy atom. The maximum Gasteiger partial charge on any atom is 0.263 e. The van der Waals surface area contributed by atoms with Crippen molar-refractivity contribution in [2.24, 2.45) is 0 Å². The molecule has 0 spiro atoms. The van der Waals surface area contributed by atoms with E-state index in [1.807, 2.05) is 6.92 Å². The van der Waals surface area contributed by atoms with E-state index in [-0.39, 0.29) is 32.4 Å². The molecule has 2 aromatic carbocycles. The number of nitrogens with one attached hydrogen (secondary N) is 2. The Kier molecular flexibility index (Phi) is 9.44. The van der Waals surface area contributed by atoms with Crippen LogP contribution in [0.25, 0.3) is 0 Å². The van der Waals surface area contributed by atoms with Crippen molar-refractivity contribution in [1.29, 1.82) is 0 Å². The number of nitrogens with two attached hydrogens (primary N) is 2. The lowest BCUT2D eigenvalue weighted by molar-refractivity contribution is 0.342. The van der Waals surface area contributed by atoms with Gasteiger partial charge in [-0.25, -0.2) is 21.8 Å². The van der Waals surface area contributed by atoms with Crippen molar-refractivity contribution in [2.75, 3.05) is 35.1 Å². The number of nitrogens with zero attached hydrogens (tertiary/aromatic N) is 4. The molecule has 6 N–H and O–H groups in total. The summed E-state index contributed by atoms with van der Waals surface area (Å²) in [4.78, 5) is 7.88. The molecule has 0 fully saturated rings. The first-order chi connectivity index (χ1) is 18.5. The second kappa shape index (κ2) is 12.5. The van der Waals surface area contributed by atoms with Crippen LogP contribution in [0, 0.1) is 0 Å². The number of aryl methyl sites for hydroxylation is 1. The van der Waals surface area contributed by atoms with Crippen LogP contribution in [0.3, 0.4) is 0 Å². The molecule has 0 radical (unpaired) electrons. The number of nitrogen functional groups attached to an aromatic ring is 2. The Labute approximate surface area is 229 Å². The normalized spacial score (nSPS) is 11.2. The van der Waals surface area contributed by atoms with Crippen molar-refractivity contribution in [3.63, 3.8) is 0 Å². The van der Waals surface area contributed by atoms with Crippen molar-refractivity contribution in [3.8, 4) is 11.6 Å². The zero-order valence-electron chi connectivity index (χ0n) is 21.0. The minimum Gasteiger partial charge on any atom is -0.489 e. The number of hydrogen-bond acceptors (Lipinski definition) is 13. The van der Waals surface area contributed by atoms with Crippen LogP contribution >= 0.6 is 11.3 Å². The topological polar surface area (TPSA) is 214 Å². The van der Waals surface area contributed by atoms with E-state index in [1.165, 1.54) is 80.4 Å². The average Bonchev–Trinajstić information content (AvgIpc) is 3.36. The number of ether oxygens (including phenoxy) is 2. The maximum absolute atomic E-state index is 12.3. The first-order valence-corrected chi connectivity index (χ1v) is 14.8. The smallest absolute Gasteiger partial charge is 0.263 e. The van der Waals surface area contributed by atoms with Gasteiger partial charge in [0.25, 0.3) is 25.9 Å². The zero-order valence-corrected chi connectivity index (χ0v) is 23.5. The summed E-state index contributed by atoms with van der Waals surface area (Å²) < 4.78 is 63.3. The van der Waals surface area contributed by atoms with E-state index < -0.39 is 20.0 Å². The van der Waals surface area contributed by atoms with E-state index in [1.54, 1.807) is 0 Å². The monoisotopic (exact) mass is 594 g/mol. The Bertz CT molecular complexity index is 1610. The van der Waals surface area contributed by atoms with E-state index in [2.05, 4.69) is 29.6 Å². The van der Waals surface area contributed by atoms with Crippen molar-refractivity contribution in [3.05, 3.63) is 59.9 Å². The summed E-state index contributed by atoms with van der Waals surface area (Å²) in [6, 6.07) is 11.7. The summed E-state index contributed by atoms with van der Waals surface area (Å²) in [6.07, 6.45) is 1.89. The molecule has 0 bridgehead atoms. The van der Waals surface area contributed by atoms with Gasteiger partial charge >= 0.3 is 0 Å². The molecule has 0 atom stereocenters. The average molecular weight is 595 g/mol. The largest absolute Gasteiger partial charge is 0.489 e. The summed E-state index contributed by atoms with van der Waals surface area (Å²) >= 11 is 1.22. The third-order valence-corrected chi connectivity index (χ3v) is 8.59. The first kappa shape index (κ1) is 29.3. The molecule has 0 saturated heterocycles. The fraction of sp³-hybridized carbons (Fsp3) is 0.182. The first-order valence-electron chi connectivity index (χ1n) is 11.0. The van der Waals surface area contributed by atoms with E-state index in [4.69, 9.17) is 20.9 Å². The molecule has 4 rings (SSSR count). The Morgan fingerprint density at radius 3 is 1.79 bits per heavy atom. The Balaban J connectivity index is 0.000000218. The van der Waals surface area contributed by atoms with Crippen molar-refractivity contribution in [2.45, 2.75) is 23.1 Å². The maximum atomic E-state index is 12.3. The molecule has 0 amide bonds. The predicted molar refractivity (Wildman–Crippen MR) is 148 cm³/mol. The fourth-order valence-corrected chi connectivity index (χ4v) is 5.77. The molecule has 208 valence electrons. The molecule has 0 aliphatic carbocycles. The molecule has 0 aliphatic heterocycles. The zero-order chi connectivity index (χ0) is 28.6. The van der Waals surface area contributed by atoms with Gasteiger partial charge in [0.2, 0.25) is 10.9 Å². The molecule has 4 aromatic rings. The quantitative estimate of drug-likeness (QED) is 0.205. The highest BCUT2D eigenvalue weighted by Crippen LogP contribution is 2.32. The van der Waals surface area contributed by atoms with Gasteiger partial charge in [-0.2, -0.15) is 4.98 Å². The van der Waals surface area contributed by atoms with Crippen LogP contribution in [0.1, 0.15) is 11.9 Å². The lowest BCUT2D eigenvalue weighted by Crippen LogP contribution is -2.15. The second-order valence-electron chi connectivity index (χ2n) is 7.47. The van der Waals surface area contributed by atoms with Crippen LogP contribution in [0.5, 0.6) is 11.6 Å². The van der Waals surface area contributed by atoms with Crippen LogP contribution in [0.15, 0.2) is 64.6 Å². The van der Waals surface area contributed by atoms with Gasteiger partial charge in [-0.15, -0.1) is 10.2 Å². The van der Waals surface area contributed by atoms with Gasteiger partial charge in [0.15, 0.2) is 5.82 Å². The van der Waals surface area contributed by atoms with Gasteiger partial charge in [-0.05, 0) is 55.0 Å². The summed E-state index contributed by atoms with van der Waals surface area (Å²) in [5.41, 5.74) is 12.0. The molecule has 2 heterocycles. The van der Waals surface area contributed by atoms with Gasteiger partial charge < -0.3 is 20.9 Å². The highest BCUT2D eigenvalue weighted by molar-refractivity contribution is 7.93. The van der Waals surface area contributed by atoms with Gasteiger partial charge in [0, 0.05) is 11.4 Å². The predicted octanol–water partition coefficient (Wildman–Crippen LogP) is 2.36. The summed E-state index contributed by atoms with van der Waals surface area (Å²) in [5.74, 6) is 0.211. The number of methoxy groups -OCH3 is 2. The fourth-order valence-electron chi connectivity index (χ4n) is 2.85. The number of aromatic nitrogens is 4. The van der Waals surface area contributed by atoms with Crippen LogP contribution in [0.2, 0.25) is 0 Å². The van der Waals surface area contributed by atoms with E-state index >= 15 is 0 Å². The molecule has 0 saturated carbocycles. The molecule has 2 aromatic heterocycles. The van der Waals surface area contributed by atoms with Crippen LogP contribution in [0.4, 0.5) is 22.3 Å². The summed E-state index contributed by atoms with van der Waals surface area (Å²) in [7, 11) is -4.69. The van der Waals surface area contributed by atoms with Crippen LogP contribution in [-0.4, -0.2) is 51.2 Å². The Hall–Kier alpha value is -4.22. The number of sulfonamides is 2. The van der Waals surface area contributed by atoms with E-state index in [0.717, 1.165) is 11.4 Å². The van der Waals surface area contributed by atoms with Gasteiger partial charge in [0.1, 0.15) is 11.3 Å². The molecule has 0 unspecified atom stereocenters. The molecule has 17 heteroatoms. The summed E-state index contributed by atoms with van der Waals surface area (Å²) in [5, 5.41) is 8.67. The highest BCUT2D eigenvalue weighted by atomic mass is 32.2. The second-order valence-corrected chi connectivity index (χ2v) is 11.9. The highest BCUT2D eigenvalue weighted by Gasteiger charge is 2.20. The van der Waals surface area contributed by atoms with Gasteiger partial charge in [0.05, 0.1) is 24.0 Å². The molecular formula is C22H26N8O6S3. The Morgan fingerprint density at radius 1 is 0.795 bits per heavy atom. The van der Waals surface area contributed by atoms with Crippen LogP contribution < -0.4 is 30.4 Å². The standard InChI is InChI=1S/C12H14N4O4S.C10H12N4O2S2/c1-19-10-11(14-7-15-12(10)20-2)16-21(17,18)9-5-3-8(13)4-6-9;1-2-9-12-13-10(17-9)14-18(15,16)8-5-3-7(11)4-6-8/h3-7H,13H2,1-2H3,(H,14,15,16);3-6H,2,11H2,1H3,(H,13,14). The number of rotatable bonds is 9. The van der Waals surface area contributed by atoms with Crippen molar-refractivity contribution < 1.29 is 26.3 Å². The number of hydrogen-bond donors (Lipinski definition) is 4. The van der Waals surface area contributed by atoms with Crippen LogP contribution in [-0.2, 0) is 26.5 Å². The van der Waals surface area contributed by atoms with E-state index in [9.17, 15) is 16.8 Å². The SMILES string of the molecule is CCc1nnc(NS(=O)(=O)c2ccc(N)cc2)s1.COc1ncnc(NS(=O)(=O)c2ccc(N)cc2)c1OC. The van der Waals surface area contributed by atoms with Gasteiger partial charge in [-0.1, -0.05) is 18.3 Å². The van der Waals surface area contributed by atoms with Crippen molar-refractivity contribution >= 4 is 53.7 Å². The van der Waals surface area contributed by atoms with E-state index in [0.29, 0.717) is 11.4 Å². The molecule has 0 aliphatic rings. The van der Waals surface area contributed by atoms with Gasteiger partial charge in [-0.3, -0.25) is 9.44 Å². The minimum absolute atomic E-state index is 0.0128. The minimum atomic E-state index is -3.82. The lowest BCUT2D eigenvalue weighted by Gasteiger charge is -2.12.